The molecule has 1 saturated heterocycles. The SMILES string of the molecule is CCCCCCCCCCCC(=O)OC[C@H]1O[C@@H](O)[C@H](O)[C@H](O)[C@@H]1O. The summed E-state index contributed by atoms with van der Waals surface area (Å²) in [5.41, 5.74) is 0. The van der Waals surface area contributed by atoms with Gasteiger partial charge in [-0.15, -0.1) is 0 Å². The number of ether oxygens (including phenoxy) is 2. The highest BCUT2D eigenvalue weighted by atomic mass is 16.6. The molecule has 0 spiro atoms. The summed E-state index contributed by atoms with van der Waals surface area (Å²) in [6, 6.07) is 0. The molecule has 0 aromatic heterocycles. The lowest BCUT2D eigenvalue weighted by Gasteiger charge is -2.37. The second-order valence-electron chi connectivity index (χ2n) is 6.80. The monoisotopic (exact) mass is 362 g/mol. The van der Waals surface area contributed by atoms with Crippen molar-refractivity contribution in [1.82, 2.24) is 0 Å². The number of carbonyl (C=O) groups excluding carboxylic acids is 1. The molecule has 25 heavy (non-hydrogen) atoms. The predicted octanol–water partition coefficient (Wildman–Crippen LogP) is 1.25. The third kappa shape index (κ3) is 8.46. The van der Waals surface area contributed by atoms with Crippen LogP contribution < -0.4 is 0 Å². The van der Waals surface area contributed by atoms with E-state index in [4.69, 9.17) is 9.47 Å². The number of carbonyl (C=O) groups is 1. The predicted molar refractivity (Wildman–Crippen MR) is 91.7 cm³/mol. The van der Waals surface area contributed by atoms with Crippen LogP contribution in [-0.4, -0.2) is 63.7 Å². The molecule has 0 saturated carbocycles. The van der Waals surface area contributed by atoms with Gasteiger partial charge in [-0.1, -0.05) is 58.3 Å². The van der Waals surface area contributed by atoms with Crippen molar-refractivity contribution in [2.75, 3.05) is 6.61 Å². The lowest BCUT2D eigenvalue weighted by molar-refractivity contribution is -0.287. The quantitative estimate of drug-likeness (QED) is 0.305. The summed E-state index contributed by atoms with van der Waals surface area (Å²) < 4.78 is 9.98. The standard InChI is InChI=1S/C18H34O7/c1-2-3-4-5-6-7-8-9-10-11-14(19)24-12-13-15(20)16(21)17(22)18(23)25-13/h13,15-18,20-23H,2-12H2,1H3/t13-,15-,16-,17-,18-/m1/s1. The molecule has 1 fully saturated rings. The van der Waals surface area contributed by atoms with Gasteiger partial charge in [0, 0.05) is 6.42 Å². The molecular weight excluding hydrogens is 328 g/mol. The summed E-state index contributed by atoms with van der Waals surface area (Å²) in [6.45, 7) is 1.94. The van der Waals surface area contributed by atoms with E-state index in [0.29, 0.717) is 6.42 Å². The number of hydrogen-bond donors (Lipinski definition) is 4. The number of hydrogen-bond acceptors (Lipinski definition) is 7. The minimum absolute atomic E-state index is 0.266. The average molecular weight is 362 g/mol. The molecule has 7 heteroatoms. The zero-order valence-corrected chi connectivity index (χ0v) is 15.2. The van der Waals surface area contributed by atoms with Crippen molar-refractivity contribution in [2.45, 2.75) is 102 Å². The zero-order chi connectivity index (χ0) is 18.7. The molecule has 0 aliphatic carbocycles. The summed E-state index contributed by atoms with van der Waals surface area (Å²) in [4.78, 5) is 11.7. The second kappa shape index (κ2) is 12.6. The molecule has 1 heterocycles. The summed E-state index contributed by atoms with van der Waals surface area (Å²) in [7, 11) is 0. The van der Waals surface area contributed by atoms with Crippen molar-refractivity contribution in [2.24, 2.45) is 0 Å². The van der Waals surface area contributed by atoms with E-state index < -0.39 is 36.7 Å². The van der Waals surface area contributed by atoms with Crippen LogP contribution in [0.15, 0.2) is 0 Å². The van der Waals surface area contributed by atoms with Crippen LogP contribution >= 0.6 is 0 Å². The first-order chi connectivity index (χ1) is 12.0. The van der Waals surface area contributed by atoms with Crippen molar-refractivity contribution in [1.29, 1.82) is 0 Å². The fraction of sp³-hybridized carbons (Fsp3) is 0.944. The van der Waals surface area contributed by atoms with Gasteiger partial charge in [0.2, 0.25) is 0 Å². The van der Waals surface area contributed by atoms with Gasteiger partial charge in [-0.25, -0.2) is 0 Å². The average Bonchev–Trinajstić information content (AvgIpc) is 2.60. The Morgan fingerprint density at radius 3 is 2.00 bits per heavy atom. The lowest BCUT2D eigenvalue weighted by atomic mass is 9.99. The maximum Gasteiger partial charge on any atom is 0.305 e. The van der Waals surface area contributed by atoms with Crippen LogP contribution in [0.3, 0.4) is 0 Å². The smallest absolute Gasteiger partial charge is 0.305 e. The summed E-state index contributed by atoms with van der Waals surface area (Å²) in [5, 5.41) is 38.1. The largest absolute Gasteiger partial charge is 0.463 e. The van der Waals surface area contributed by atoms with E-state index in [9.17, 15) is 25.2 Å². The Morgan fingerprint density at radius 2 is 1.40 bits per heavy atom. The number of unbranched alkanes of at least 4 members (excludes halogenated alkanes) is 8. The van der Waals surface area contributed by atoms with Gasteiger partial charge in [-0.05, 0) is 6.42 Å². The van der Waals surface area contributed by atoms with Crippen molar-refractivity contribution in [3.63, 3.8) is 0 Å². The molecular formula is C18H34O7. The fourth-order valence-electron chi connectivity index (χ4n) is 2.90. The zero-order valence-electron chi connectivity index (χ0n) is 15.2. The molecule has 0 aromatic carbocycles. The van der Waals surface area contributed by atoms with Gasteiger partial charge in [0.05, 0.1) is 0 Å². The maximum atomic E-state index is 11.7. The van der Waals surface area contributed by atoms with Crippen molar-refractivity contribution >= 4 is 5.97 Å². The van der Waals surface area contributed by atoms with Crippen LogP contribution in [0.5, 0.6) is 0 Å². The van der Waals surface area contributed by atoms with E-state index in [1.165, 1.54) is 38.5 Å². The number of aliphatic hydroxyl groups is 4. The Morgan fingerprint density at radius 1 is 0.840 bits per heavy atom. The molecule has 148 valence electrons. The Labute approximate surface area is 150 Å². The first kappa shape index (κ1) is 22.3. The molecule has 0 aromatic rings. The Balaban J connectivity index is 2.05. The summed E-state index contributed by atoms with van der Waals surface area (Å²) in [5.74, 6) is -0.395. The normalized spacial score (nSPS) is 29.6. The lowest BCUT2D eigenvalue weighted by Crippen LogP contribution is -2.58. The van der Waals surface area contributed by atoms with Crippen LogP contribution in [0.4, 0.5) is 0 Å². The molecule has 1 aliphatic rings. The maximum absolute atomic E-state index is 11.7. The van der Waals surface area contributed by atoms with Gasteiger partial charge in [0.1, 0.15) is 31.0 Å². The topological polar surface area (TPSA) is 116 Å². The van der Waals surface area contributed by atoms with Gasteiger partial charge >= 0.3 is 5.97 Å². The Bertz CT molecular complexity index is 363. The fourth-order valence-corrected chi connectivity index (χ4v) is 2.90. The number of aliphatic hydroxyl groups excluding tert-OH is 4. The summed E-state index contributed by atoms with van der Waals surface area (Å²) >= 11 is 0. The van der Waals surface area contributed by atoms with Gasteiger partial charge in [0.15, 0.2) is 6.29 Å². The van der Waals surface area contributed by atoms with Crippen molar-refractivity contribution in [3.8, 4) is 0 Å². The van der Waals surface area contributed by atoms with Gasteiger partial charge in [-0.2, -0.15) is 0 Å². The molecule has 1 aliphatic heterocycles. The first-order valence-corrected chi connectivity index (χ1v) is 9.50. The van der Waals surface area contributed by atoms with Gasteiger partial charge < -0.3 is 29.9 Å². The number of esters is 1. The van der Waals surface area contributed by atoms with Crippen LogP contribution in [-0.2, 0) is 14.3 Å². The highest BCUT2D eigenvalue weighted by molar-refractivity contribution is 5.69. The minimum atomic E-state index is -1.61. The Hall–Kier alpha value is -0.730. The van der Waals surface area contributed by atoms with E-state index in [0.717, 1.165) is 19.3 Å². The molecule has 7 nitrogen and oxygen atoms in total. The van der Waals surface area contributed by atoms with E-state index in [-0.39, 0.29) is 6.61 Å². The Kier molecular flexibility index (Phi) is 11.2. The second-order valence-corrected chi connectivity index (χ2v) is 6.80. The van der Waals surface area contributed by atoms with Crippen LogP contribution in [0.1, 0.15) is 71.1 Å². The van der Waals surface area contributed by atoms with Gasteiger partial charge in [0.25, 0.3) is 0 Å². The minimum Gasteiger partial charge on any atom is -0.463 e. The molecule has 0 amide bonds. The molecule has 5 atom stereocenters. The first-order valence-electron chi connectivity index (χ1n) is 9.50. The van der Waals surface area contributed by atoms with Crippen LogP contribution in [0, 0.1) is 0 Å². The van der Waals surface area contributed by atoms with Crippen LogP contribution in [0.2, 0.25) is 0 Å². The molecule has 4 N–H and O–H groups in total. The third-order valence-corrected chi connectivity index (χ3v) is 4.58. The highest BCUT2D eigenvalue weighted by Gasteiger charge is 2.43. The highest BCUT2D eigenvalue weighted by Crippen LogP contribution is 2.20. The molecule has 1 rings (SSSR count). The van der Waals surface area contributed by atoms with Crippen molar-refractivity contribution < 1.29 is 34.7 Å². The third-order valence-electron chi connectivity index (χ3n) is 4.58. The van der Waals surface area contributed by atoms with Crippen molar-refractivity contribution in [3.05, 3.63) is 0 Å². The van der Waals surface area contributed by atoms with E-state index in [1.54, 1.807) is 0 Å². The molecule has 0 bridgehead atoms. The molecule has 0 unspecified atom stereocenters. The summed E-state index contributed by atoms with van der Waals surface area (Å²) in [6.07, 6.45) is 3.53. The van der Waals surface area contributed by atoms with E-state index in [1.807, 2.05) is 0 Å². The molecule has 0 radical (unpaired) electrons. The van der Waals surface area contributed by atoms with Gasteiger partial charge in [-0.3, -0.25) is 4.79 Å². The van der Waals surface area contributed by atoms with E-state index >= 15 is 0 Å². The van der Waals surface area contributed by atoms with Crippen LogP contribution in [0.25, 0.3) is 0 Å². The number of rotatable bonds is 12. The van der Waals surface area contributed by atoms with E-state index in [2.05, 4.69) is 6.92 Å².